The summed E-state index contributed by atoms with van der Waals surface area (Å²) in [5.41, 5.74) is 2.02. The molecular formula is C27H43NO3. The summed E-state index contributed by atoms with van der Waals surface area (Å²) in [7, 11) is 0. The summed E-state index contributed by atoms with van der Waals surface area (Å²) >= 11 is 0. The number of rotatable bonds is 9. The Morgan fingerprint density at radius 1 is 1.32 bits per heavy atom. The maximum atomic E-state index is 11.5. The highest BCUT2D eigenvalue weighted by Gasteiger charge is 2.58. The zero-order valence-electron chi connectivity index (χ0n) is 19.9. The van der Waals surface area contributed by atoms with Crippen molar-refractivity contribution in [2.24, 2.45) is 29.1 Å². The van der Waals surface area contributed by atoms with E-state index in [4.69, 9.17) is 4.42 Å². The lowest BCUT2D eigenvalue weighted by Gasteiger charge is -2.52. The van der Waals surface area contributed by atoms with Crippen molar-refractivity contribution in [3.63, 3.8) is 0 Å². The fourth-order valence-electron chi connectivity index (χ4n) is 7.65. The molecule has 1 heterocycles. The molecule has 174 valence electrons. The third-order valence-electron chi connectivity index (χ3n) is 9.30. The van der Waals surface area contributed by atoms with Gasteiger partial charge in [-0.25, -0.2) is 4.98 Å². The van der Waals surface area contributed by atoms with Crippen LogP contribution in [0.5, 0.6) is 0 Å². The molecule has 0 aromatic carbocycles. The van der Waals surface area contributed by atoms with Gasteiger partial charge >= 0.3 is 0 Å². The number of aromatic nitrogens is 1. The first kappa shape index (κ1) is 23.0. The number of hydrogen-bond donors (Lipinski definition) is 2. The third kappa shape index (κ3) is 4.80. The molecule has 0 radical (unpaired) electrons. The number of aliphatic hydroxyl groups is 2. The van der Waals surface area contributed by atoms with Gasteiger partial charge in [-0.3, -0.25) is 0 Å². The van der Waals surface area contributed by atoms with Crippen LogP contribution >= 0.6 is 0 Å². The van der Waals surface area contributed by atoms with Gasteiger partial charge < -0.3 is 14.6 Å². The van der Waals surface area contributed by atoms with E-state index in [9.17, 15) is 10.2 Å². The lowest BCUT2D eigenvalue weighted by atomic mass is 9.53. The molecule has 0 aliphatic heterocycles. The molecule has 7 atom stereocenters. The van der Waals surface area contributed by atoms with Gasteiger partial charge in [-0.2, -0.15) is 0 Å². The third-order valence-corrected chi connectivity index (χ3v) is 9.30. The van der Waals surface area contributed by atoms with Gasteiger partial charge in [0.05, 0.1) is 17.4 Å². The Kier molecular flexibility index (Phi) is 6.98. The molecule has 0 saturated heterocycles. The number of fused-ring (bicyclic) bond motifs is 3. The van der Waals surface area contributed by atoms with Crippen molar-refractivity contribution in [1.29, 1.82) is 0 Å². The highest BCUT2D eigenvalue weighted by molar-refractivity contribution is 5.16. The average Bonchev–Trinajstić information content (AvgIpc) is 3.38. The van der Waals surface area contributed by atoms with E-state index in [2.05, 4.69) is 31.8 Å². The smallest absolute Gasteiger partial charge is 0.180 e. The average molecular weight is 430 g/mol. The monoisotopic (exact) mass is 429 g/mol. The van der Waals surface area contributed by atoms with Gasteiger partial charge in [0, 0.05) is 0 Å². The van der Waals surface area contributed by atoms with Crippen LogP contribution in [0.3, 0.4) is 0 Å². The molecule has 31 heavy (non-hydrogen) atoms. The molecule has 0 spiro atoms. The second-order valence-electron chi connectivity index (χ2n) is 11.3. The van der Waals surface area contributed by atoms with Crippen molar-refractivity contribution in [2.75, 3.05) is 0 Å². The minimum absolute atomic E-state index is 0.160. The Morgan fingerprint density at radius 2 is 2.16 bits per heavy atom. The zero-order valence-corrected chi connectivity index (χ0v) is 19.9. The summed E-state index contributed by atoms with van der Waals surface area (Å²) in [5, 5.41) is 21.9. The Hall–Kier alpha value is -1.13. The van der Waals surface area contributed by atoms with E-state index in [0.717, 1.165) is 68.4 Å². The number of allylic oxidation sites excluding steroid dienone is 1. The Morgan fingerprint density at radius 3 is 2.90 bits per heavy atom. The molecule has 4 nitrogen and oxygen atoms in total. The summed E-state index contributed by atoms with van der Waals surface area (Å²) in [5.74, 6) is 2.61. The van der Waals surface area contributed by atoms with Gasteiger partial charge in [0.25, 0.3) is 0 Å². The van der Waals surface area contributed by atoms with Crippen molar-refractivity contribution in [3.8, 4) is 0 Å². The lowest BCUT2D eigenvalue weighted by molar-refractivity contribution is -0.0888. The molecular weight excluding hydrogens is 386 g/mol. The number of nitrogens with zero attached hydrogens (tertiary/aromatic N) is 1. The SMILES string of the molecule is CCCC[C@H](O)CC1=CC[C@@H]2[C@H](CC[C@@]3(C)[C@H]2CC[C@@H]3[C@](C)(O)CCc2cocn2)C1. The normalized spacial score (nSPS) is 35.7. The first-order valence-corrected chi connectivity index (χ1v) is 12.8. The van der Waals surface area contributed by atoms with Gasteiger partial charge in [-0.05, 0) is 100 Å². The molecule has 0 bridgehead atoms. The number of unbranched alkanes of at least 4 members (excludes halogenated alkanes) is 1. The standard InChI is InChI=1S/C27H43NO3/c1-4-5-6-22(29)16-19-7-8-23-20(15-19)11-13-26(2)24(23)9-10-25(26)27(3,30)14-12-21-17-31-18-28-21/h7,17-18,20,22-25,29-30H,4-6,8-16H2,1-3H3/t20-,22+,23-,24+,25+,26+,27-/m1/s1. The van der Waals surface area contributed by atoms with Gasteiger partial charge in [0.1, 0.15) is 6.26 Å². The molecule has 1 aromatic rings. The maximum absolute atomic E-state index is 11.5. The van der Waals surface area contributed by atoms with E-state index in [1.165, 1.54) is 44.1 Å². The molecule has 0 unspecified atom stereocenters. The van der Waals surface area contributed by atoms with Gasteiger partial charge in [-0.15, -0.1) is 0 Å². The van der Waals surface area contributed by atoms with Crippen LogP contribution in [0.25, 0.3) is 0 Å². The van der Waals surface area contributed by atoms with Crippen molar-refractivity contribution >= 4 is 0 Å². The summed E-state index contributed by atoms with van der Waals surface area (Å²) in [6.07, 6.45) is 18.4. The van der Waals surface area contributed by atoms with Crippen LogP contribution < -0.4 is 0 Å². The van der Waals surface area contributed by atoms with Crippen LogP contribution in [-0.4, -0.2) is 26.9 Å². The highest BCUT2D eigenvalue weighted by Crippen LogP contribution is 2.63. The van der Waals surface area contributed by atoms with Gasteiger partial charge in [0.2, 0.25) is 0 Å². The highest BCUT2D eigenvalue weighted by atomic mass is 16.3. The molecule has 2 N–H and O–H groups in total. The van der Waals surface area contributed by atoms with Crippen molar-refractivity contribution < 1.29 is 14.6 Å². The number of aryl methyl sites for hydroxylation is 1. The quantitative estimate of drug-likeness (QED) is 0.467. The first-order valence-electron chi connectivity index (χ1n) is 12.8. The van der Waals surface area contributed by atoms with E-state index < -0.39 is 5.60 Å². The fourth-order valence-corrected chi connectivity index (χ4v) is 7.65. The van der Waals surface area contributed by atoms with Crippen LogP contribution in [0.1, 0.15) is 97.1 Å². The molecule has 3 aliphatic carbocycles. The molecule has 4 heteroatoms. The number of aliphatic hydroxyl groups excluding tert-OH is 1. The van der Waals surface area contributed by atoms with E-state index in [1.54, 1.807) is 6.26 Å². The summed E-state index contributed by atoms with van der Waals surface area (Å²) < 4.78 is 5.11. The Balaban J connectivity index is 1.40. The molecule has 2 fully saturated rings. The topological polar surface area (TPSA) is 66.5 Å². The predicted octanol–water partition coefficient (Wildman–Crippen LogP) is 6.08. The van der Waals surface area contributed by atoms with E-state index >= 15 is 0 Å². The fraction of sp³-hybridized carbons (Fsp3) is 0.815. The predicted molar refractivity (Wildman–Crippen MR) is 123 cm³/mol. The van der Waals surface area contributed by atoms with Crippen LogP contribution in [0, 0.1) is 29.1 Å². The largest absolute Gasteiger partial charge is 0.451 e. The Bertz CT molecular complexity index is 740. The van der Waals surface area contributed by atoms with E-state index in [-0.39, 0.29) is 11.5 Å². The first-order chi connectivity index (χ1) is 14.8. The molecule has 2 saturated carbocycles. The van der Waals surface area contributed by atoms with E-state index in [0.29, 0.717) is 5.92 Å². The lowest BCUT2D eigenvalue weighted by Crippen LogP contribution is -2.49. The second-order valence-corrected chi connectivity index (χ2v) is 11.3. The van der Waals surface area contributed by atoms with Crippen LogP contribution in [-0.2, 0) is 6.42 Å². The van der Waals surface area contributed by atoms with Crippen LogP contribution in [0.4, 0.5) is 0 Å². The summed E-state index contributed by atoms with van der Waals surface area (Å²) in [4.78, 5) is 4.24. The maximum Gasteiger partial charge on any atom is 0.180 e. The van der Waals surface area contributed by atoms with Crippen molar-refractivity contribution in [3.05, 3.63) is 30.0 Å². The minimum atomic E-state index is -0.658. The van der Waals surface area contributed by atoms with Crippen molar-refractivity contribution in [2.45, 2.75) is 110 Å². The van der Waals surface area contributed by atoms with Crippen LogP contribution in [0.15, 0.2) is 28.7 Å². The summed E-state index contributed by atoms with van der Waals surface area (Å²) in [6.45, 7) is 6.73. The zero-order chi connectivity index (χ0) is 22.1. The molecule has 1 aromatic heterocycles. The molecule has 4 rings (SSSR count). The second kappa shape index (κ2) is 9.39. The van der Waals surface area contributed by atoms with Crippen LogP contribution in [0.2, 0.25) is 0 Å². The van der Waals surface area contributed by atoms with E-state index in [1.807, 2.05) is 0 Å². The number of oxazole rings is 1. The minimum Gasteiger partial charge on any atom is -0.451 e. The summed E-state index contributed by atoms with van der Waals surface area (Å²) in [6, 6.07) is 0. The Labute approximate surface area is 188 Å². The number of hydrogen-bond acceptors (Lipinski definition) is 4. The van der Waals surface area contributed by atoms with Gasteiger partial charge in [0.15, 0.2) is 6.39 Å². The van der Waals surface area contributed by atoms with Gasteiger partial charge in [-0.1, -0.05) is 38.3 Å². The van der Waals surface area contributed by atoms with Crippen molar-refractivity contribution in [1.82, 2.24) is 4.98 Å². The molecule has 0 amide bonds. The molecule has 3 aliphatic rings.